The monoisotopic (exact) mass is 367 g/mol. The Labute approximate surface area is 157 Å². The van der Waals surface area contributed by atoms with Crippen LogP contribution < -0.4 is 9.80 Å². The Hall–Kier alpha value is -3.06. The van der Waals surface area contributed by atoms with Crippen LogP contribution in [-0.4, -0.2) is 59.1 Å². The highest BCUT2D eigenvalue weighted by molar-refractivity contribution is 6.22. The molecule has 2 aromatic rings. The molecule has 0 spiro atoms. The zero-order chi connectivity index (χ0) is 19.0. The summed E-state index contributed by atoms with van der Waals surface area (Å²) >= 11 is 0. The van der Waals surface area contributed by atoms with Gasteiger partial charge in [0.25, 0.3) is 5.91 Å². The summed E-state index contributed by atoms with van der Waals surface area (Å²) in [6.45, 7) is 2.88. The Balaban J connectivity index is 1.43. The number of carbonyl (C=O) groups is 2. The summed E-state index contributed by atoms with van der Waals surface area (Å²) in [5.74, 6) is -0.0815. The lowest BCUT2D eigenvalue weighted by Crippen LogP contribution is -2.52. The number of phenols is 2. The van der Waals surface area contributed by atoms with Crippen molar-refractivity contribution in [2.75, 3.05) is 36.0 Å². The number of piperazine rings is 1. The molecule has 2 N–H and O–H groups in total. The van der Waals surface area contributed by atoms with Crippen LogP contribution in [0.3, 0.4) is 0 Å². The third kappa shape index (κ3) is 3.33. The van der Waals surface area contributed by atoms with Crippen LogP contribution in [0.5, 0.6) is 11.5 Å². The van der Waals surface area contributed by atoms with E-state index in [9.17, 15) is 19.8 Å². The first-order valence-electron chi connectivity index (χ1n) is 8.97. The first kappa shape index (κ1) is 17.4. The number of phenolic OH excluding ortho intramolecular Hbond substituents is 2. The standard InChI is InChI=1S/C20H21N3O4/c24-16-5-1-14(2-6-16)21-9-11-22(12-10-21)18-13-19(26)23(20(18)27)15-3-7-17(25)8-4-15/h1-8,18,24-25H,9-13H2. The molecule has 7 heteroatoms. The van der Waals surface area contributed by atoms with Gasteiger partial charge in [-0.25, -0.2) is 4.90 Å². The van der Waals surface area contributed by atoms with E-state index in [2.05, 4.69) is 9.80 Å². The predicted molar refractivity (Wildman–Crippen MR) is 101 cm³/mol. The predicted octanol–water partition coefficient (Wildman–Crippen LogP) is 1.55. The number of nitrogens with zero attached hydrogens (tertiary/aromatic N) is 3. The minimum atomic E-state index is -0.437. The zero-order valence-electron chi connectivity index (χ0n) is 14.8. The number of benzene rings is 2. The number of hydrogen-bond donors (Lipinski definition) is 2. The van der Waals surface area contributed by atoms with Crippen LogP contribution in [0.4, 0.5) is 11.4 Å². The average Bonchev–Trinajstić information content (AvgIpc) is 2.98. The molecule has 7 nitrogen and oxygen atoms in total. The van der Waals surface area contributed by atoms with Gasteiger partial charge in [-0.2, -0.15) is 0 Å². The van der Waals surface area contributed by atoms with Crippen molar-refractivity contribution >= 4 is 23.2 Å². The van der Waals surface area contributed by atoms with Crippen LogP contribution in [0.1, 0.15) is 6.42 Å². The summed E-state index contributed by atoms with van der Waals surface area (Å²) in [4.78, 5) is 30.8. The summed E-state index contributed by atoms with van der Waals surface area (Å²) in [5, 5.41) is 18.8. The molecule has 1 atom stereocenters. The van der Waals surface area contributed by atoms with Crippen molar-refractivity contribution in [2.45, 2.75) is 12.5 Å². The van der Waals surface area contributed by atoms with E-state index in [0.29, 0.717) is 18.8 Å². The maximum atomic E-state index is 12.8. The van der Waals surface area contributed by atoms with E-state index in [1.54, 1.807) is 24.3 Å². The van der Waals surface area contributed by atoms with Crippen molar-refractivity contribution in [1.82, 2.24) is 4.90 Å². The van der Waals surface area contributed by atoms with Crippen LogP contribution in [0.2, 0.25) is 0 Å². The van der Waals surface area contributed by atoms with Crippen LogP contribution in [0, 0.1) is 0 Å². The van der Waals surface area contributed by atoms with E-state index in [0.717, 1.165) is 18.8 Å². The van der Waals surface area contributed by atoms with Gasteiger partial charge in [0.2, 0.25) is 5.91 Å². The van der Waals surface area contributed by atoms with Gasteiger partial charge in [0.15, 0.2) is 0 Å². The molecule has 2 aromatic carbocycles. The smallest absolute Gasteiger partial charge is 0.251 e. The molecule has 0 bridgehead atoms. The lowest BCUT2D eigenvalue weighted by atomic mass is 10.1. The maximum Gasteiger partial charge on any atom is 0.251 e. The SMILES string of the molecule is O=C1CC(N2CCN(c3ccc(O)cc3)CC2)C(=O)N1c1ccc(O)cc1. The molecule has 1 unspecified atom stereocenters. The van der Waals surface area contributed by atoms with Gasteiger partial charge in [0.05, 0.1) is 18.2 Å². The molecule has 0 aliphatic carbocycles. The number of amides is 2. The topological polar surface area (TPSA) is 84.3 Å². The summed E-state index contributed by atoms with van der Waals surface area (Å²) in [7, 11) is 0. The number of aromatic hydroxyl groups is 2. The minimum absolute atomic E-state index is 0.0970. The van der Waals surface area contributed by atoms with Gasteiger partial charge in [-0.1, -0.05) is 0 Å². The highest BCUT2D eigenvalue weighted by atomic mass is 16.3. The second kappa shape index (κ2) is 6.92. The Kier molecular flexibility index (Phi) is 4.45. The lowest BCUT2D eigenvalue weighted by Gasteiger charge is -2.38. The van der Waals surface area contributed by atoms with Crippen molar-refractivity contribution in [2.24, 2.45) is 0 Å². The van der Waals surface area contributed by atoms with Crippen molar-refractivity contribution < 1.29 is 19.8 Å². The maximum absolute atomic E-state index is 12.8. The summed E-state index contributed by atoms with van der Waals surface area (Å²) in [6, 6.07) is 12.7. The molecule has 2 aliphatic rings. The average molecular weight is 367 g/mol. The third-order valence-electron chi connectivity index (χ3n) is 5.20. The number of imide groups is 1. The van der Waals surface area contributed by atoms with Gasteiger partial charge < -0.3 is 15.1 Å². The number of carbonyl (C=O) groups excluding carboxylic acids is 2. The minimum Gasteiger partial charge on any atom is -0.508 e. The summed E-state index contributed by atoms with van der Waals surface area (Å²) < 4.78 is 0. The van der Waals surface area contributed by atoms with Gasteiger partial charge in [-0.15, -0.1) is 0 Å². The Bertz CT molecular complexity index is 843. The van der Waals surface area contributed by atoms with Crippen LogP contribution >= 0.6 is 0 Å². The largest absolute Gasteiger partial charge is 0.508 e. The van der Waals surface area contributed by atoms with E-state index in [-0.39, 0.29) is 29.7 Å². The first-order chi connectivity index (χ1) is 13.0. The zero-order valence-corrected chi connectivity index (χ0v) is 14.8. The molecular formula is C20H21N3O4. The van der Waals surface area contributed by atoms with Gasteiger partial charge in [0, 0.05) is 31.9 Å². The van der Waals surface area contributed by atoms with Crippen molar-refractivity contribution in [3.8, 4) is 11.5 Å². The normalized spacial score (nSPS) is 21.1. The highest BCUT2D eigenvalue weighted by Gasteiger charge is 2.43. The van der Waals surface area contributed by atoms with Crippen LogP contribution in [0.15, 0.2) is 48.5 Å². The molecule has 2 saturated heterocycles. The lowest BCUT2D eigenvalue weighted by molar-refractivity contribution is -0.123. The molecule has 27 heavy (non-hydrogen) atoms. The quantitative estimate of drug-likeness (QED) is 0.801. The second-order valence-corrected chi connectivity index (χ2v) is 6.84. The second-order valence-electron chi connectivity index (χ2n) is 6.84. The Morgan fingerprint density at radius 2 is 1.26 bits per heavy atom. The number of anilines is 2. The fraction of sp³-hybridized carbons (Fsp3) is 0.300. The van der Waals surface area contributed by atoms with E-state index < -0.39 is 6.04 Å². The summed E-state index contributed by atoms with van der Waals surface area (Å²) in [5.41, 5.74) is 1.53. The molecule has 2 fully saturated rings. The number of rotatable bonds is 3. The molecule has 4 rings (SSSR count). The van der Waals surface area contributed by atoms with Crippen molar-refractivity contribution in [3.63, 3.8) is 0 Å². The molecule has 2 aliphatic heterocycles. The molecule has 0 radical (unpaired) electrons. The first-order valence-corrected chi connectivity index (χ1v) is 8.97. The van der Waals surface area contributed by atoms with Crippen LogP contribution in [-0.2, 0) is 9.59 Å². The van der Waals surface area contributed by atoms with E-state index in [1.165, 1.54) is 17.0 Å². The fourth-order valence-corrected chi connectivity index (χ4v) is 3.73. The van der Waals surface area contributed by atoms with E-state index >= 15 is 0 Å². The van der Waals surface area contributed by atoms with Crippen molar-refractivity contribution in [1.29, 1.82) is 0 Å². The van der Waals surface area contributed by atoms with Gasteiger partial charge in [-0.3, -0.25) is 14.5 Å². The van der Waals surface area contributed by atoms with Crippen molar-refractivity contribution in [3.05, 3.63) is 48.5 Å². The molecule has 0 aromatic heterocycles. The van der Waals surface area contributed by atoms with Gasteiger partial charge in [0.1, 0.15) is 11.5 Å². The number of hydrogen-bond acceptors (Lipinski definition) is 6. The Morgan fingerprint density at radius 3 is 1.81 bits per heavy atom. The van der Waals surface area contributed by atoms with E-state index in [1.807, 2.05) is 12.1 Å². The van der Waals surface area contributed by atoms with Gasteiger partial charge in [-0.05, 0) is 48.5 Å². The molecule has 2 amide bonds. The van der Waals surface area contributed by atoms with Crippen LogP contribution in [0.25, 0.3) is 0 Å². The summed E-state index contributed by atoms with van der Waals surface area (Å²) in [6.07, 6.45) is 0.179. The third-order valence-corrected chi connectivity index (χ3v) is 5.20. The molecule has 0 saturated carbocycles. The fourth-order valence-electron chi connectivity index (χ4n) is 3.73. The Morgan fingerprint density at radius 1 is 0.741 bits per heavy atom. The molecular weight excluding hydrogens is 346 g/mol. The van der Waals surface area contributed by atoms with Gasteiger partial charge >= 0.3 is 0 Å². The molecule has 2 heterocycles. The highest BCUT2D eigenvalue weighted by Crippen LogP contribution is 2.28. The van der Waals surface area contributed by atoms with E-state index in [4.69, 9.17) is 0 Å². The molecule has 140 valence electrons.